The van der Waals surface area contributed by atoms with Crippen molar-refractivity contribution < 1.29 is 42.5 Å². The molecule has 0 bridgehead atoms. The molecule has 2 aromatic rings. The van der Waals surface area contributed by atoms with Crippen LogP contribution in [0, 0.1) is 0 Å². The van der Waals surface area contributed by atoms with Crippen LogP contribution in [0.15, 0.2) is 17.7 Å². The van der Waals surface area contributed by atoms with Gasteiger partial charge in [0, 0.05) is 6.42 Å². The first-order valence-corrected chi connectivity index (χ1v) is 11.7. The number of thioether (sulfide) groups is 1. The van der Waals surface area contributed by atoms with E-state index in [0.717, 1.165) is 0 Å². The van der Waals surface area contributed by atoms with E-state index in [1.54, 1.807) is 0 Å². The zero-order chi connectivity index (χ0) is 19.8. The summed E-state index contributed by atoms with van der Waals surface area (Å²) >= 11 is 1.37. The van der Waals surface area contributed by atoms with Gasteiger partial charge >= 0.3 is 15.6 Å². The van der Waals surface area contributed by atoms with Crippen LogP contribution in [-0.2, 0) is 22.9 Å². The van der Waals surface area contributed by atoms with E-state index in [1.165, 1.54) is 29.0 Å². The van der Waals surface area contributed by atoms with Crippen molar-refractivity contribution >= 4 is 38.6 Å². The third kappa shape index (κ3) is 5.12. The first-order valence-electron chi connectivity index (χ1n) is 7.38. The lowest BCUT2D eigenvalue weighted by molar-refractivity contribution is -0.0417. The molecule has 1 saturated heterocycles. The van der Waals surface area contributed by atoms with Crippen LogP contribution in [0.3, 0.4) is 0 Å². The van der Waals surface area contributed by atoms with Gasteiger partial charge in [-0.25, -0.2) is 24.1 Å². The first-order chi connectivity index (χ1) is 12.6. The molecule has 150 valence electrons. The molecule has 0 unspecified atom stereocenters. The standard InChI is InChI=1S/C11H16N4O9P2S/c1-27-11-9-10(12-4-13-11)15(5-14-9)8-2-6(24-26(19,20)21)7(23-8)3-22-25(16,17)18/h4-8H,2-3H2,1H3,(H2,16,17,18)(H2,19,20,21)/t6-,7+,8+/m0/s1. The molecule has 0 spiro atoms. The summed E-state index contributed by atoms with van der Waals surface area (Å²) in [5.41, 5.74) is 0.960. The molecule has 3 heterocycles. The minimum absolute atomic E-state index is 0.0235. The number of imidazole rings is 1. The summed E-state index contributed by atoms with van der Waals surface area (Å²) in [5.74, 6) is 0. The summed E-state index contributed by atoms with van der Waals surface area (Å²) in [5, 5.41) is 0.640. The highest BCUT2D eigenvalue weighted by molar-refractivity contribution is 7.98. The Morgan fingerprint density at radius 1 is 1.26 bits per heavy atom. The highest BCUT2D eigenvalue weighted by Gasteiger charge is 2.42. The molecule has 0 radical (unpaired) electrons. The summed E-state index contributed by atoms with van der Waals surface area (Å²) in [6.07, 6.45) is 1.50. The lowest BCUT2D eigenvalue weighted by Crippen LogP contribution is -2.28. The van der Waals surface area contributed by atoms with Crippen molar-refractivity contribution in [1.82, 2.24) is 19.5 Å². The van der Waals surface area contributed by atoms with Crippen LogP contribution in [0.25, 0.3) is 11.2 Å². The van der Waals surface area contributed by atoms with E-state index in [2.05, 4.69) is 19.5 Å². The molecule has 0 saturated carbocycles. The average molecular weight is 442 g/mol. The number of fused-ring (bicyclic) bond motifs is 1. The molecule has 0 aliphatic carbocycles. The molecule has 2 aromatic heterocycles. The van der Waals surface area contributed by atoms with Gasteiger partial charge in [-0.1, -0.05) is 0 Å². The van der Waals surface area contributed by atoms with Gasteiger partial charge in [0.2, 0.25) is 0 Å². The number of rotatable bonds is 7. The Morgan fingerprint density at radius 3 is 2.63 bits per heavy atom. The normalized spacial score (nSPS) is 24.0. The number of phosphoric ester groups is 2. The zero-order valence-electron chi connectivity index (χ0n) is 13.7. The highest BCUT2D eigenvalue weighted by Crippen LogP contribution is 2.45. The van der Waals surface area contributed by atoms with E-state index in [-0.39, 0.29) is 6.42 Å². The second-order valence-electron chi connectivity index (χ2n) is 5.49. The minimum atomic E-state index is -4.86. The van der Waals surface area contributed by atoms with Gasteiger partial charge in [0.1, 0.15) is 35.3 Å². The van der Waals surface area contributed by atoms with Gasteiger partial charge in [-0.05, 0) is 6.26 Å². The molecule has 1 fully saturated rings. The number of phosphoric acid groups is 2. The van der Waals surface area contributed by atoms with E-state index >= 15 is 0 Å². The van der Waals surface area contributed by atoms with Gasteiger partial charge in [0.25, 0.3) is 0 Å². The van der Waals surface area contributed by atoms with E-state index in [1.807, 2.05) is 6.26 Å². The largest absolute Gasteiger partial charge is 0.469 e. The van der Waals surface area contributed by atoms with Gasteiger partial charge < -0.3 is 24.3 Å². The van der Waals surface area contributed by atoms with Gasteiger partial charge in [0.15, 0.2) is 5.65 Å². The topological polar surface area (TPSA) is 186 Å². The summed E-state index contributed by atoms with van der Waals surface area (Å²) in [4.78, 5) is 48.3. The van der Waals surface area contributed by atoms with Crippen LogP contribution in [0.5, 0.6) is 0 Å². The van der Waals surface area contributed by atoms with Gasteiger partial charge in [-0.2, -0.15) is 0 Å². The van der Waals surface area contributed by atoms with Crippen molar-refractivity contribution in [1.29, 1.82) is 0 Å². The number of aromatic nitrogens is 4. The average Bonchev–Trinajstić information content (AvgIpc) is 3.14. The van der Waals surface area contributed by atoms with Crippen LogP contribution < -0.4 is 0 Å². The molecular formula is C11H16N4O9P2S. The maximum atomic E-state index is 11.2. The lowest BCUT2D eigenvalue weighted by atomic mass is 10.2. The molecule has 16 heteroatoms. The minimum Gasteiger partial charge on any atom is -0.349 e. The molecular weight excluding hydrogens is 426 g/mol. The first kappa shape index (κ1) is 20.8. The lowest BCUT2D eigenvalue weighted by Gasteiger charge is -2.19. The summed E-state index contributed by atoms with van der Waals surface area (Å²) in [6, 6.07) is 0. The van der Waals surface area contributed by atoms with Crippen molar-refractivity contribution in [2.75, 3.05) is 12.9 Å². The van der Waals surface area contributed by atoms with Crippen LogP contribution >= 0.6 is 27.4 Å². The highest BCUT2D eigenvalue weighted by atomic mass is 32.2. The third-order valence-corrected chi connectivity index (χ3v) is 5.41. The smallest absolute Gasteiger partial charge is 0.349 e. The second-order valence-corrected chi connectivity index (χ2v) is 8.72. The van der Waals surface area contributed by atoms with Gasteiger partial charge in [0.05, 0.1) is 12.9 Å². The predicted octanol–water partition coefficient (Wildman–Crippen LogP) is 0.423. The Bertz CT molecular complexity index is 914. The van der Waals surface area contributed by atoms with Crippen LogP contribution in [-0.4, -0.2) is 64.2 Å². The number of ether oxygens (including phenoxy) is 1. The molecule has 13 nitrogen and oxygen atoms in total. The summed E-state index contributed by atoms with van der Waals surface area (Å²) in [6.45, 7) is -0.622. The zero-order valence-corrected chi connectivity index (χ0v) is 16.3. The summed E-state index contributed by atoms with van der Waals surface area (Å²) in [7, 11) is -9.66. The quantitative estimate of drug-likeness (QED) is 0.263. The molecule has 27 heavy (non-hydrogen) atoms. The van der Waals surface area contributed by atoms with E-state index in [4.69, 9.17) is 28.8 Å². The number of hydrogen-bond donors (Lipinski definition) is 4. The maximum absolute atomic E-state index is 11.2. The Kier molecular flexibility index (Phi) is 6.04. The fourth-order valence-electron chi connectivity index (χ4n) is 2.67. The maximum Gasteiger partial charge on any atom is 0.469 e. The molecule has 1 aliphatic heterocycles. The molecule has 0 aromatic carbocycles. The van der Waals surface area contributed by atoms with Crippen LogP contribution in [0.1, 0.15) is 12.6 Å². The predicted molar refractivity (Wildman–Crippen MR) is 90.5 cm³/mol. The van der Waals surface area contributed by atoms with Crippen molar-refractivity contribution in [3.8, 4) is 0 Å². The Morgan fingerprint density at radius 2 is 2.00 bits per heavy atom. The fraction of sp³-hybridized carbons (Fsp3) is 0.545. The van der Waals surface area contributed by atoms with Crippen molar-refractivity contribution in [3.63, 3.8) is 0 Å². The molecule has 4 N–H and O–H groups in total. The Labute approximate surface area is 156 Å². The van der Waals surface area contributed by atoms with Crippen molar-refractivity contribution in [2.45, 2.75) is 29.9 Å². The molecule has 3 rings (SSSR count). The Balaban J connectivity index is 1.86. The third-order valence-electron chi connectivity index (χ3n) is 3.69. The van der Waals surface area contributed by atoms with Gasteiger partial charge in [-0.3, -0.25) is 13.6 Å². The number of nitrogens with zero attached hydrogens (tertiary/aromatic N) is 4. The number of hydrogen-bond acceptors (Lipinski definition) is 9. The van der Waals surface area contributed by atoms with Crippen LogP contribution in [0.2, 0.25) is 0 Å². The van der Waals surface area contributed by atoms with Crippen molar-refractivity contribution in [2.24, 2.45) is 0 Å². The molecule has 0 amide bonds. The van der Waals surface area contributed by atoms with Gasteiger partial charge in [-0.15, -0.1) is 11.8 Å². The van der Waals surface area contributed by atoms with Crippen LogP contribution in [0.4, 0.5) is 0 Å². The molecule has 1 aliphatic rings. The van der Waals surface area contributed by atoms with E-state index < -0.39 is 40.7 Å². The fourth-order valence-corrected chi connectivity index (χ4v) is 4.08. The second kappa shape index (κ2) is 7.84. The van der Waals surface area contributed by atoms with E-state index in [9.17, 15) is 9.13 Å². The SMILES string of the molecule is CSc1ncnc2c1ncn2[C@H]1C[C@H](OP(=O)(O)O)[C@@H](COP(=O)(O)O)O1. The monoisotopic (exact) mass is 442 g/mol. The van der Waals surface area contributed by atoms with E-state index in [0.29, 0.717) is 16.2 Å². The summed E-state index contributed by atoms with van der Waals surface area (Å²) < 4.78 is 38.4. The molecule has 3 atom stereocenters. The Hall–Kier alpha value is -0.920. The van der Waals surface area contributed by atoms with Crippen molar-refractivity contribution in [3.05, 3.63) is 12.7 Å².